The number of hydrogen-bond acceptors (Lipinski definition) is 3. The van der Waals surface area contributed by atoms with E-state index >= 15 is 0 Å². The van der Waals surface area contributed by atoms with Crippen molar-refractivity contribution in [2.75, 3.05) is 0 Å². The van der Waals surface area contributed by atoms with E-state index in [1.165, 1.54) is 0 Å². The van der Waals surface area contributed by atoms with Gasteiger partial charge in [-0.2, -0.15) is 0 Å². The highest BCUT2D eigenvalue weighted by molar-refractivity contribution is 5.85. The van der Waals surface area contributed by atoms with Crippen molar-refractivity contribution in [3.05, 3.63) is 72.3 Å². The van der Waals surface area contributed by atoms with Crippen LogP contribution in [-0.4, -0.2) is 15.1 Å². The van der Waals surface area contributed by atoms with Crippen molar-refractivity contribution in [2.24, 2.45) is 0 Å². The van der Waals surface area contributed by atoms with E-state index in [2.05, 4.69) is 9.97 Å². The summed E-state index contributed by atoms with van der Waals surface area (Å²) in [6.45, 7) is 1.95. The minimum absolute atomic E-state index is 0.541. The van der Waals surface area contributed by atoms with E-state index in [1.54, 1.807) is 12.4 Å². The highest BCUT2D eigenvalue weighted by Crippen LogP contribution is 2.35. The molecule has 0 aliphatic rings. The molecule has 100 valence electrons. The van der Waals surface area contributed by atoms with Crippen LogP contribution in [0.4, 0.5) is 0 Å². The van der Waals surface area contributed by atoms with Gasteiger partial charge in [0.1, 0.15) is 5.60 Å². The van der Waals surface area contributed by atoms with Crippen molar-refractivity contribution in [3.63, 3.8) is 0 Å². The third-order valence-corrected chi connectivity index (χ3v) is 3.71. The summed E-state index contributed by atoms with van der Waals surface area (Å²) in [5.74, 6) is 0. The first kappa shape index (κ1) is 12.8. The second-order valence-corrected chi connectivity index (χ2v) is 4.84. The van der Waals surface area contributed by atoms with Gasteiger partial charge >= 0.3 is 0 Å². The number of benzene rings is 1. The van der Waals surface area contributed by atoms with E-state index < -0.39 is 5.60 Å². The molecule has 3 nitrogen and oxygen atoms in total. The van der Waals surface area contributed by atoms with Crippen molar-refractivity contribution in [3.8, 4) is 0 Å². The maximum atomic E-state index is 11.2. The zero-order chi connectivity index (χ0) is 14.0. The predicted molar refractivity (Wildman–Crippen MR) is 79.3 cm³/mol. The molecule has 1 unspecified atom stereocenters. The van der Waals surface area contributed by atoms with Gasteiger partial charge in [-0.05, 0) is 23.9 Å². The molecule has 0 aliphatic carbocycles. The molecule has 1 N–H and O–H groups in total. The number of nitrogens with zero attached hydrogens (tertiary/aromatic N) is 2. The molecule has 0 radical (unpaired) electrons. The third-order valence-electron chi connectivity index (χ3n) is 3.71. The number of hydrogen-bond donors (Lipinski definition) is 1. The van der Waals surface area contributed by atoms with E-state index in [9.17, 15) is 5.11 Å². The molecule has 0 saturated carbocycles. The van der Waals surface area contributed by atoms with Crippen molar-refractivity contribution in [2.45, 2.75) is 18.9 Å². The smallest absolute Gasteiger partial charge is 0.133 e. The maximum absolute atomic E-state index is 11.2. The quantitative estimate of drug-likeness (QED) is 0.789. The lowest BCUT2D eigenvalue weighted by Gasteiger charge is -2.27. The number of pyridine rings is 2. The summed E-state index contributed by atoms with van der Waals surface area (Å²) >= 11 is 0. The average molecular weight is 264 g/mol. The normalized spacial score (nSPS) is 14.1. The number of rotatable bonds is 3. The Labute approximate surface area is 117 Å². The van der Waals surface area contributed by atoms with Crippen molar-refractivity contribution in [1.82, 2.24) is 9.97 Å². The Morgan fingerprint density at radius 3 is 2.60 bits per heavy atom. The average Bonchev–Trinajstić information content (AvgIpc) is 2.54. The molecule has 0 saturated heterocycles. The minimum Gasteiger partial charge on any atom is -0.379 e. The molecule has 2 aromatic heterocycles. The fourth-order valence-corrected chi connectivity index (χ4v) is 2.56. The Bertz CT molecular complexity index is 722. The summed E-state index contributed by atoms with van der Waals surface area (Å²) in [7, 11) is 0. The van der Waals surface area contributed by atoms with Gasteiger partial charge in [0.15, 0.2) is 0 Å². The Morgan fingerprint density at radius 1 is 1.05 bits per heavy atom. The van der Waals surface area contributed by atoms with Crippen LogP contribution in [0.3, 0.4) is 0 Å². The largest absolute Gasteiger partial charge is 0.379 e. The second kappa shape index (κ2) is 5.02. The molecule has 0 amide bonds. The fraction of sp³-hybridized carbons (Fsp3) is 0.176. The Kier molecular flexibility index (Phi) is 3.20. The number of aliphatic hydroxyl groups is 1. The van der Waals surface area contributed by atoms with Gasteiger partial charge in [-0.3, -0.25) is 9.97 Å². The SMILES string of the molecule is CCC(O)(c1ccccn1)c1cncc2ccccc12. The molecule has 3 rings (SSSR count). The van der Waals surface area contributed by atoms with E-state index in [4.69, 9.17) is 0 Å². The van der Waals surface area contributed by atoms with Crippen molar-refractivity contribution >= 4 is 10.8 Å². The Balaban J connectivity index is 2.27. The van der Waals surface area contributed by atoms with Crippen LogP contribution in [0.5, 0.6) is 0 Å². The fourth-order valence-electron chi connectivity index (χ4n) is 2.56. The predicted octanol–water partition coefficient (Wildman–Crippen LogP) is 3.28. The van der Waals surface area contributed by atoms with E-state index in [1.807, 2.05) is 55.6 Å². The molecule has 3 heteroatoms. The summed E-state index contributed by atoms with van der Waals surface area (Å²) in [6, 6.07) is 13.5. The van der Waals surface area contributed by atoms with Crippen molar-refractivity contribution in [1.29, 1.82) is 0 Å². The molecular formula is C17H16N2O. The summed E-state index contributed by atoms with van der Waals surface area (Å²) in [6.07, 6.45) is 5.79. The molecule has 0 aliphatic heterocycles. The standard InChI is InChI=1S/C17H16N2O/c1-2-17(20,16-9-5-6-10-19-16)15-12-18-11-13-7-3-4-8-14(13)15/h3-12,20H,2H2,1H3. The summed E-state index contributed by atoms with van der Waals surface area (Å²) in [5.41, 5.74) is 0.340. The van der Waals surface area contributed by atoms with Gasteiger partial charge < -0.3 is 5.11 Å². The molecule has 0 fully saturated rings. The molecule has 2 heterocycles. The lowest BCUT2D eigenvalue weighted by atomic mass is 9.85. The van der Waals surface area contributed by atoms with Crippen LogP contribution in [0, 0.1) is 0 Å². The Morgan fingerprint density at radius 2 is 1.85 bits per heavy atom. The first-order valence-corrected chi connectivity index (χ1v) is 6.73. The lowest BCUT2D eigenvalue weighted by molar-refractivity contribution is 0.0731. The van der Waals surface area contributed by atoms with Crippen LogP contribution >= 0.6 is 0 Å². The second-order valence-electron chi connectivity index (χ2n) is 4.84. The number of fused-ring (bicyclic) bond motifs is 1. The summed E-state index contributed by atoms with van der Waals surface area (Å²) < 4.78 is 0. The summed E-state index contributed by atoms with van der Waals surface area (Å²) in [5, 5.41) is 13.2. The minimum atomic E-state index is -1.12. The van der Waals surface area contributed by atoms with Crippen LogP contribution in [0.15, 0.2) is 61.1 Å². The van der Waals surface area contributed by atoms with Crippen LogP contribution in [-0.2, 0) is 5.60 Å². The lowest BCUT2D eigenvalue weighted by Crippen LogP contribution is -2.28. The zero-order valence-corrected chi connectivity index (χ0v) is 11.3. The third kappa shape index (κ3) is 1.96. The molecule has 1 aromatic carbocycles. The molecule has 1 atom stereocenters. The molecule has 20 heavy (non-hydrogen) atoms. The first-order chi connectivity index (χ1) is 9.75. The van der Waals surface area contributed by atoms with Crippen molar-refractivity contribution < 1.29 is 5.11 Å². The van der Waals surface area contributed by atoms with E-state index in [-0.39, 0.29) is 0 Å². The highest BCUT2D eigenvalue weighted by atomic mass is 16.3. The van der Waals surface area contributed by atoms with E-state index in [0.717, 1.165) is 16.3 Å². The van der Waals surface area contributed by atoms with Gasteiger partial charge in [0.25, 0.3) is 0 Å². The van der Waals surface area contributed by atoms with Gasteiger partial charge in [0.2, 0.25) is 0 Å². The van der Waals surface area contributed by atoms with E-state index in [0.29, 0.717) is 12.1 Å². The topological polar surface area (TPSA) is 46.0 Å². The van der Waals surface area contributed by atoms with Gasteiger partial charge in [-0.15, -0.1) is 0 Å². The molecular weight excluding hydrogens is 248 g/mol. The monoisotopic (exact) mass is 264 g/mol. The van der Waals surface area contributed by atoms with Crippen LogP contribution in [0.1, 0.15) is 24.6 Å². The van der Waals surface area contributed by atoms with Crippen LogP contribution in [0.25, 0.3) is 10.8 Å². The maximum Gasteiger partial charge on any atom is 0.133 e. The van der Waals surface area contributed by atoms with Gasteiger partial charge in [-0.25, -0.2) is 0 Å². The highest BCUT2D eigenvalue weighted by Gasteiger charge is 2.32. The molecule has 3 aromatic rings. The van der Waals surface area contributed by atoms with Gasteiger partial charge in [-0.1, -0.05) is 37.3 Å². The summed E-state index contributed by atoms with van der Waals surface area (Å²) in [4.78, 5) is 8.59. The molecule has 0 bridgehead atoms. The van der Waals surface area contributed by atoms with Gasteiger partial charge in [0, 0.05) is 29.5 Å². The zero-order valence-electron chi connectivity index (χ0n) is 11.3. The first-order valence-electron chi connectivity index (χ1n) is 6.73. The molecule has 0 spiro atoms. The number of aromatic nitrogens is 2. The van der Waals surface area contributed by atoms with Gasteiger partial charge in [0.05, 0.1) is 5.69 Å². The van der Waals surface area contributed by atoms with Crippen LogP contribution < -0.4 is 0 Å². The Hall–Kier alpha value is -2.26. The van der Waals surface area contributed by atoms with Crippen LogP contribution in [0.2, 0.25) is 0 Å².